The van der Waals surface area contributed by atoms with E-state index in [1.54, 1.807) is 4.57 Å². The molecule has 0 saturated heterocycles. The van der Waals surface area contributed by atoms with E-state index >= 15 is 0 Å². The van der Waals surface area contributed by atoms with Gasteiger partial charge in [0.2, 0.25) is 0 Å². The van der Waals surface area contributed by atoms with Gasteiger partial charge in [0.25, 0.3) is 0 Å². The first-order valence-electron chi connectivity index (χ1n) is 6.79. The van der Waals surface area contributed by atoms with Crippen LogP contribution in [0.4, 0.5) is 0 Å². The highest BCUT2D eigenvalue weighted by atomic mass is 79.9. The Labute approximate surface area is 125 Å². The number of fused-ring (bicyclic) bond motifs is 1. The van der Waals surface area contributed by atoms with Crippen molar-refractivity contribution in [3.8, 4) is 5.75 Å². The van der Waals surface area contributed by atoms with Gasteiger partial charge in [-0.1, -0.05) is 22.0 Å². The van der Waals surface area contributed by atoms with Gasteiger partial charge >= 0.3 is 5.69 Å². The number of aromatic nitrogens is 3. The molecule has 1 aromatic carbocycles. The molecule has 20 heavy (non-hydrogen) atoms. The molecular formula is C14H16BrN3O2. The maximum Gasteiger partial charge on any atom is 0.346 e. The second-order valence-corrected chi connectivity index (χ2v) is 5.75. The predicted octanol–water partition coefficient (Wildman–Crippen LogP) is 2.22. The van der Waals surface area contributed by atoms with Crippen LogP contribution in [0.1, 0.15) is 18.7 Å². The molecule has 6 heteroatoms. The smallest absolute Gasteiger partial charge is 0.346 e. The molecule has 1 aliphatic rings. The second kappa shape index (κ2) is 5.83. The lowest BCUT2D eigenvalue weighted by atomic mass is 10.2. The van der Waals surface area contributed by atoms with Crippen molar-refractivity contribution >= 4 is 15.9 Å². The van der Waals surface area contributed by atoms with Crippen molar-refractivity contribution in [2.24, 2.45) is 0 Å². The van der Waals surface area contributed by atoms with Crippen molar-refractivity contribution in [1.82, 2.24) is 14.3 Å². The minimum Gasteiger partial charge on any atom is -0.492 e. The Kier molecular flexibility index (Phi) is 3.91. The number of ether oxygens (including phenoxy) is 1. The first-order chi connectivity index (χ1) is 9.74. The molecule has 0 radical (unpaired) electrons. The summed E-state index contributed by atoms with van der Waals surface area (Å²) in [7, 11) is 0. The van der Waals surface area contributed by atoms with Gasteiger partial charge in [-0.2, -0.15) is 5.10 Å². The molecule has 0 amide bonds. The highest BCUT2D eigenvalue weighted by Crippen LogP contribution is 2.17. The molecule has 0 atom stereocenters. The highest BCUT2D eigenvalue weighted by molar-refractivity contribution is 9.10. The average molecular weight is 338 g/mol. The van der Waals surface area contributed by atoms with Gasteiger partial charge in [-0.25, -0.2) is 9.48 Å². The van der Waals surface area contributed by atoms with E-state index in [0.29, 0.717) is 13.2 Å². The fourth-order valence-electron chi connectivity index (χ4n) is 2.40. The summed E-state index contributed by atoms with van der Waals surface area (Å²) >= 11 is 3.40. The molecule has 2 heterocycles. The van der Waals surface area contributed by atoms with E-state index in [1.807, 2.05) is 24.3 Å². The zero-order valence-corrected chi connectivity index (χ0v) is 12.7. The molecule has 0 bridgehead atoms. The standard InChI is InChI=1S/C14H16BrN3O2/c15-11-4-3-5-12(10-11)20-9-8-18-14(19)17-7-2-1-6-13(17)16-18/h3-5,10H,1-2,6-9H2. The van der Waals surface area contributed by atoms with Crippen LogP contribution in [0.5, 0.6) is 5.75 Å². The van der Waals surface area contributed by atoms with Gasteiger partial charge in [0.15, 0.2) is 0 Å². The fourth-order valence-corrected chi connectivity index (χ4v) is 2.78. The summed E-state index contributed by atoms with van der Waals surface area (Å²) < 4.78 is 9.91. The Morgan fingerprint density at radius 3 is 3.05 bits per heavy atom. The van der Waals surface area contributed by atoms with Gasteiger partial charge in [-0.15, -0.1) is 0 Å². The molecule has 0 spiro atoms. The monoisotopic (exact) mass is 337 g/mol. The number of hydrogen-bond donors (Lipinski definition) is 0. The molecular weight excluding hydrogens is 322 g/mol. The fraction of sp³-hybridized carbons (Fsp3) is 0.429. The van der Waals surface area contributed by atoms with Gasteiger partial charge in [0.05, 0.1) is 6.54 Å². The van der Waals surface area contributed by atoms with E-state index in [9.17, 15) is 4.79 Å². The number of halogens is 1. The number of nitrogens with zero attached hydrogens (tertiary/aromatic N) is 3. The number of aryl methyl sites for hydroxylation is 1. The third kappa shape index (κ3) is 2.80. The molecule has 5 nitrogen and oxygen atoms in total. The van der Waals surface area contributed by atoms with Crippen LogP contribution < -0.4 is 10.4 Å². The predicted molar refractivity (Wildman–Crippen MR) is 79.1 cm³/mol. The Hall–Kier alpha value is -1.56. The molecule has 0 fully saturated rings. The molecule has 0 unspecified atom stereocenters. The van der Waals surface area contributed by atoms with Crippen molar-refractivity contribution in [1.29, 1.82) is 0 Å². The van der Waals surface area contributed by atoms with E-state index in [1.165, 1.54) is 4.68 Å². The molecule has 106 valence electrons. The van der Waals surface area contributed by atoms with Crippen LogP contribution in [-0.4, -0.2) is 21.0 Å². The zero-order chi connectivity index (χ0) is 13.9. The maximum atomic E-state index is 12.1. The molecule has 1 aliphatic heterocycles. The van der Waals surface area contributed by atoms with Crippen molar-refractivity contribution in [2.45, 2.75) is 32.4 Å². The van der Waals surface area contributed by atoms with Crippen LogP contribution in [0, 0.1) is 0 Å². The molecule has 2 aromatic rings. The van der Waals surface area contributed by atoms with Gasteiger partial charge in [0, 0.05) is 17.4 Å². The van der Waals surface area contributed by atoms with Crippen molar-refractivity contribution in [3.63, 3.8) is 0 Å². The summed E-state index contributed by atoms with van der Waals surface area (Å²) in [6.07, 6.45) is 3.08. The summed E-state index contributed by atoms with van der Waals surface area (Å²) in [6.45, 7) is 1.71. The van der Waals surface area contributed by atoms with Crippen molar-refractivity contribution in [2.75, 3.05) is 6.61 Å². The minimum absolute atomic E-state index is 0.0162. The third-order valence-electron chi connectivity index (χ3n) is 3.40. The van der Waals surface area contributed by atoms with Crippen LogP contribution in [0.25, 0.3) is 0 Å². The molecule has 0 saturated carbocycles. The molecule has 0 N–H and O–H groups in total. The van der Waals surface area contributed by atoms with E-state index in [2.05, 4.69) is 21.0 Å². The molecule has 3 rings (SSSR count). The lowest BCUT2D eigenvalue weighted by Gasteiger charge is -2.09. The van der Waals surface area contributed by atoms with Crippen molar-refractivity contribution < 1.29 is 4.74 Å². The summed E-state index contributed by atoms with van der Waals surface area (Å²) in [5.41, 5.74) is -0.0162. The van der Waals surface area contributed by atoms with Crippen LogP contribution in [-0.2, 0) is 19.5 Å². The van der Waals surface area contributed by atoms with Crippen LogP contribution in [0.2, 0.25) is 0 Å². The Balaban J connectivity index is 1.64. The van der Waals surface area contributed by atoms with Crippen LogP contribution in [0.15, 0.2) is 33.5 Å². The SMILES string of the molecule is O=c1n(CCOc2cccc(Br)c2)nc2n1CCCC2. The maximum absolute atomic E-state index is 12.1. The van der Waals surface area contributed by atoms with Crippen molar-refractivity contribution in [3.05, 3.63) is 45.0 Å². The first-order valence-corrected chi connectivity index (χ1v) is 7.58. The summed E-state index contributed by atoms with van der Waals surface area (Å²) in [4.78, 5) is 12.1. The average Bonchev–Trinajstić information content (AvgIpc) is 2.76. The van der Waals surface area contributed by atoms with Crippen LogP contribution >= 0.6 is 15.9 Å². The molecule has 1 aromatic heterocycles. The van der Waals surface area contributed by atoms with Gasteiger partial charge in [-0.3, -0.25) is 4.57 Å². The van der Waals surface area contributed by atoms with Gasteiger partial charge < -0.3 is 4.74 Å². The van der Waals surface area contributed by atoms with E-state index < -0.39 is 0 Å². The summed E-state index contributed by atoms with van der Waals surface area (Å²) in [5, 5.41) is 4.38. The first kappa shape index (κ1) is 13.4. The number of hydrogen-bond acceptors (Lipinski definition) is 3. The van der Waals surface area contributed by atoms with Gasteiger partial charge in [-0.05, 0) is 31.0 Å². The summed E-state index contributed by atoms with van der Waals surface area (Å²) in [5.74, 6) is 1.69. The normalized spacial score (nSPS) is 14.1. The van der Waals surface area contributed by atoms with Crippen LogP contribution in [0.3, 0.4) is 0 Å². The largest absolute Gasteiger partial charge is 0.492 e. The number of rotatable bonds is 4. The number of benzene rings is 1. The highest BCUT2D eigenvalue weighted by Gasteiger charge is 2.16. The van der Waals surface area contributed by atoms with E-state index in [-0.39, 0.29) is 5.69 Å². The third-order valence-corrected chi connectivity index (χ3v) is 3.89. The van der Waals surface area contributed by atoms with E-state index in [0.717, 1.165) is 41.9 Å². The quantitative estimate of drug-likeness (QED) is 0.859. The zero-order valence-electron chi connectivity index (χ0n) is 11.1. The molecule has 0 aliphatic carbocycles. The Morgan fingerprint density at radius 1 is 1.35 bits per heavy atom. The van der Waals surface area contributed by atoms with E-state index in [4.69, 9.17) is 4.74 Å². The lowest BCUT2D eigenvalue weighted by Crippen LogP contribution is -2.28. The topological polar surface area (TPSA) is 49.1 Å². The summed E-state index contributed by atoms with van der Waals surface area (Å²) in [6, 6.07) is 7.66. The second-order valence-electron chi connectivity index (χ2n) is 4.84. The van der Waals surface area contributed by atoms with Gasteiger partial charge in [0.1, 0.15) is 18.2 Å². The Morgan fingerprint density at radius 2 is 2.25 bits per heavy atom. The minimum atomic E-state index is -0.0162. The Bertz CT molecular complexity index is 663. The lowest BCUT2D eigenvalue weighted by molar-refractivity contribution is 0.288.